The second kappa shape index (κ2) is 7.05. The largest absolute Gasteiger partial charge is 0.497 e. The molecule has 112 valence electrons. The van der Waals surface area contributed by atoms with Crippen LogP contribution >= 0.6 is 0 Å². The number of pyridine rings is 1. The van der Waals surface area contributed by atoms with E-state index in [1.165, 1.54) is 0 Å². The zero-order valence-corrected chi connectivity index (χ0v) is 12.5. The Hall–Kier alpha value is -3.39. The fourth-order valence-corrected chi connectivity index (χ4v) is 1.82. The number of nitrogens with zero attached hydrogens (tertiary/aromatic N) is 4. The van der Waals surface area contributed by atoms with Gasteiger partial charge in [-0.1, -0.05) is 12.0 Å². The van der Waals surface area contributed by atoms with Gasteiger partial charge in [0.15, 0.2) is 12.4 Å². The van der Waals surface area contributed by atoms with Crippen molar-refractivity contribution in [1.82, 2.24) is 9.97 Å². The van der Waals surface area contributed by atoms with Gasteiger partial charge in [0.25, 0.3) is 0 Å². The summed E-state index contributed by atoms with van der Waals surface area (Å²) in [4.78, 5) is 8.50. The SMILES string of the molecule is COc1ccc(C#Cc2cnc([N-][n+]3ccccc3)cn2)cc1. The average Bonchev–Trinajstić information content (AvgIpc) is 2.62. The number of benzene rings is 1. The maximum atomic E-state index is 5.11. The Morgan fingerprint density at radius 3 is 2.39 bits per heavy atom. The van der Waals surface area contributed by atoms with Gasteiger partial charge in [0, 0.05) is 29.7 Å². The number of hydrogen-bond donors (Lipinski definition) is 0. The van der Waals surface area contributed by atoms with Crippen LogP contribution in [-0.2, 0) is 0 Å². The second-order valence-electron chi connectivity index (χ2n) is 4.59. The van der Waals surface area contributed by atoms with E-state index in [2.05, 4.69) is 27.2 Å². The van der Waals surface area contributed by atoms with Crippen LogP contribution in [0.5, 0.6) is 5.75 Å². The average molecular weight is 302 g/mol. The molecule has 0 saturated carbocycles. The molecule has 2 aromatic heterocycles. The summed E-state index contributed by atoms with van der Waals surface area (Å²) in [6.07, 6.45) is 6.87. The first-order valence-electron chi connectivity index (χ1n) is 7.00. The molecule has 2 heterocycles. The lowest BCUT2D eigenvalue weighted by Crippen LogP contribution is -2.26. The van der Waals surface area contributed by atoms with E-state index in [0.717, 1.165) is 11.3 Å². The minimum Gasteiger partial charge on any atom is -0.497 e. The molecule has 0 amide bonds. The molecule has 0 bridgehead atoms. The highest BCUT2D eigenvalue weighted by molar-refractivity contribution is 5.43. The molecule has 23 heavy (non-hydrogen) atoms. The third kappa shape index (κ3) is 4.05. The van der Waals surface area contributed by atoms with E-state index in [1.54, 1.807) is 24.2 Å². The molecular weight excluding hydrogens is 288 g/mol. The molecule has 1 aromatic carbocycles. The van der Waals surface area contributed by atoms with Crippen LogP contribution in [0.4, 0.5) is 5.82 Å². The minimum atomic E-state index is 0.524. The molecular formula is C18H14N4O. The van der Waals surface area contributed by atoms with E-state index in [1.807, 2.05) is 54.9 Å². The summed E-state index contributed by atoms with van der Waals surface area (Å²) in [6.45, 7) is 0. The fourth-order valence-electron chi connectivity index (χ4n) is 1.82. The summed E-state index contributed by atoms with van der Waals surface area (Å²) in [5, 5.41) is 0. The van der Waals surface area contributed by atoms with Gasteiger partial charge in [0.05, 0.1) is 7.11 Å². The number of ether oxygens (including phenoxy) is 1. The number of rotatable bonds is 3. The first-order valence-corrected chi connectivity index (χ1v) is 7.00. The van der Waals surface area contributed by atoms with Crippen molar-refractivity contribution in [3.05, 3.63) is 83.9 Å². The molecule has 5 heteroatoms. The lowest BCUT2D eigenvalue weighted by atomic mass is 10.2. The lowest BCUT2D eigenvalue weighted by Gasteiger charge is -2.06. The molecule has 0 aliphatic heterocycles. The molecule has 0 spiro atoms. The van der Waals surface area contributed by atoms with Crippen molar-refractivity contribution in [2.75, 3.05) is 7.11 Å². The van der Waals surface area contributed by atoms with Gasteiger partial charge < -0.3 is 9.72 Å². The van der Waals surface area contributed by atoms with Crippen LogP contribution in [0.2, 0.25) is 0 Å². The predicted octanol–water partition coefficient (Wildman–Crippen LogP) is 2.64. The minimum absolute atomic E-state index is 0.524. The third-order valence-corrected chi connectivity index (χ3v) is 2.98. The highest BCUT2D eigenvalue weighted by Crippen LogP contribution is 2.11. The summed E-state index contributed by atoms with van der Waals surface area (Å²) in [5.41, 5.74) is 5.79. The molecule has 0 aliphatic carbocycles. The number of aromatic nitrogens is 3. The molecule has 3 aromatic rings. The van der Waals surface area contributed by atoms with Crippen molar-refractivity contribution in [2.24, 2.45) is 0 Å². The van der Waals surface area contributed by atoms with Crippen LogP contribution in [0.3, 0.4) is 0 Å². The lowest BCUT2D eigenvalue weighted by molar-refractivity contribution is -0.619. The Balaban J connectivity index is 1.69. The number of methoxy groups -OCH3 is 1. The van der Waals surface area contributed by atoms with Crippen molar-refractivity contribution >= 4 is 5.82 Å². The van der Waals surface area contributed by atoms with Gasteiger partial charge in [-0.3, -0.25) is 0 Å². The summed E-state index contributed by atoms with van der Waals surface area (Å²) < 4.78 is 6.78. The van der Waals surface area contributed by atoms with Gasteiger partial charge in [0.1, 0.15) is 11.4 Å². The Labute approximate surface area is 134 Å². The van der Waals surface area contributed by atoms with E-state index in [9.17, 15) is 0 Å². The van der Waals surface area contributed by atoms with Crippen LogP contribution in [0.25, 0.3) is 5.43 Å². The predicted molar refractivity (Wildman–Crippen MR) is 86.1 cm³/mol. The monoisotopic (exact) mass is 302 g/mol. The topological polar surface area (TPSA) is 53.0 Å². The Kier molecular flexibility index (Phi) is 4.46. The van der Waals surface area contributed by atoms with Crippen LogP contribution in [-0.4, -0.2) is 17.1 Å². The van der Waals surface area contributed by atoms with E-state index in [0.29, 0.717) is 11.5 Å². The van der Waals surface area contributed by atoms with Gasteiger partial charge in [-0.05, 0) is 36.4 Å². The molecule has 0 aliphatic rings. The van der Waals surface area contributed by atoms with Gasteiger partial charge in [-0.2, -0.15) is 10.1 Å². The van der Waals surface area contributed by atoms with Gasteiger partial charge >= 0.3 is 0 Å². The number of hydrogen-bond acceptors (Lipinski definition) is 3. The maximum Gasteiger partial charge on any atom is 0.182 e. The molecule has 0 radical (unpaired) electrons. The maximum absolute atomic E-state index is 5.11. The molecule has 3 rings (SSSR count). The zero-order chi connectivity index (χ0) is 15.9. The first-order chi connectivity index (χ1) is 11.3. The summed E-state index contributed by atoms with van der Waals surface area (Å²) in [6, 6.07) is 13.3. The van der Waals surface area contributed by atoms with Gasteiger partial charge in [-0.15, -0.1) is 0 Å². The third-order valence-electron chi connectivity index (χ3n) is 2.98. The summed E-state index contributed by atoms with van der Waals surface area (Å²) in [7, 11) is 1.64. The van der Waals surface area contributed by atoms with Gasteiger partial charge in [0.2, 0.25) is 0 Å². The molecule has 0 fully saturated rings. The molecule has 0 atom stereocenters. The van der Waals surface area contributed by atoms with Crippen LogP contribution in [0.1, 0.15) is 11.3 Å². The smallest absolute Gasteiger partial charge is 0.182 e. The molecule has 0 N–H and O–H groups in total. The summed E-state index contributed by atoms with van der Waals surface area (Å²) >= 11 is 0. The normalized spacial score (nSPS) is 9.61. The highest BCUT2D eigenvalue weighted by atomic mass is 16.5. The summed E-state index contributed by atoms with van der Waals surface area (Å²) in [5.74, 6) is 7.34. The van der Waals surface area contributed by atoms with Crippen LogP contribution < -0.4 is 9.41 Å². The Morgan fingerprint density at radius 1 is 0.957 bits per heavy atom. The molecule has 0 unspecified atom stereocenters. The van der Waals surface area contributed by atoms with Crippen LogP contribution in [0.15, 0.2) is 67.3 Å². The zero-order valence-electron chi connectivity index (χ0n) is 12.5. The first kappa shape index (κ1) is 14.5. The fraction of sp³-hybridized carbons (Fsp3) is 0.0556. The van der Waals surface area contributed by atoms with E-state index in [-0.39, 0.29) is 0 Å². The molecule has 5 nitrogen and oxygen atoms in total. The standard InChI is InChI=1S/C18H14N4O/c1-23-17-9-6-15(7-10-17)5-8-16-13-20-18(14-19-16)21-22-11-3-2-4-12-22/h2-4,6-7,9-14H,1H3. The van der Waals surface area contributed by atoms with E-state index >= 15 is 0 Å². The van der Waals surface area contributed by atoms with Crippen molar-refractivity contribution in [3.8, 4) is 17.6 Å². The van der Waals surface area contributed by atoms with E-state index in [4.69, 9.17) is 4.74 Å². The van der Waals surface area contributed by atoms with Crippen molar-refractivity contribution in [1.29, 1.82) is 0 Å². The van der Waals surface area contributed by atoms with Crippen molar-refractivity contribution in [2.45, 2.75) is 0 Å². The van der Waals surface area contributed by atoms with Gasteiger partial charge in [-0.25, -0.2) is 4.98 Å². The Bertz CT molecular complexity index is 819. The molecule has 0 saturated heterocycles. The highest BCUT2D eigenvalue weighted by Gasteiger charge is 1.94. The van der Waals surface area contributed by atoms with Crippen molar-refractivity contribution < 1.29 is 9.41 Å². The Morgan fingerprint density at radius 2 is 1.74 bits per heavy atom. The van der Waals surface area contributed by atoms with E-state index < -0.39 is 0 Å². The quantitative estimate of drug-likeness (QED) is 0.552. The van der Waals surface area contributed by atoms with Crippen LogP contribution in [0, 0.1) is 11.8 Å². The van der Waals surface area contributed by atoms with Crippen molar-refractivity contribution in [3.63, 3.8) is 0 Å². The second-order valence-corrected chi connectivity index (χ2v) is 4.59.